The number of aryl methyl sites for hydroxylation is 1. The Morgan fingerprint density at radius 3 is 2.84 bits per heavy atom. The number of carbonyl (C=O) groups is 1. The van der Waals surface area contributed by atoms with Crippen molar-refractivity contribution in [2.75, 3.05) is 10.6 Å². The normalized spacial score (nSPS) is 13.7. The average Bonchev–Trinajstić information content (AvgIpc) is 3.03. The predicted molar refractivity (Wildman–Crippen MR) is 98.9 cm³/mol. The Kier molecular flexibility index (Phi) is 4.21. The third kappa shape index (κ3) is 3.55. The summed E-state index contributed by atoms with van der Waals surface area (Å²) in [5, 5.41) is 11.0. The standard InChI is InChI=1S/C20H20N4O/c25-20-8-4-5-15-13-16(9-10-19(15)22-20)21-14-17-11-12-24(23-17)18-6-2-1-3-7-18/h1-3,6-7,9-13,21H,4-5,8,14H2,(H,22,25). The van der Waals surface area contributed by atoms with E-state index in [0.29, 0.717) is 13.0 Å². The van der Waals surface area contributed by atoms with E-state index in [4.69, 9.17) is 0 Å². The van der Waals surface area contributed by atoms with Crippen LogP contribution < -0.4 is 10.6 Å². The first-order chi connectivity index (χ1) is 12.3. The van der Waals surface area contributed by atoms with Gasteiger partial charge in [0.15, 0.2) is 0 Å². The third-order valence-electron chi connectivity index (χ3n) is 4.37. The summed E-state index contributed by atoms with van der Waals surface area (Å²) in [5.41, 5.74) is 5.19. The first-order valence-electron chi connectivity index (χ1n) is 8.54. The summed E-state index contributed by atoms with van der Waals surface area (Å²) in [4.78, 5) is 11.6. The van der Waals surface area contributed by atoms with Crippen LogP contribution in [0.15, 0.2) is 60.8 Å². The maximum absolute atomic E-state index is 11.6. The van der Waals surface area contributed by atoms with E-state index < -0.39 is 0 Å². The lowest BCUT2D eigenvalue weighted by molar-refractivity contribution is -0.116. The fraction of sp³-hybridized carbons (Fsp3) is 0.200. The molecule has 1 aliphatic heterocycles. The third-order valence-corrected chi connectivity index (χ3v) is 4.37. The molecular weight excluding hydrogens is 312 g/mol. The number of fused-ring (bicyclic) bond motifs is 1. The highest BCUT2D eigenvalue weighted by Crippen LogP contribution is 2.25. The molecule has 5 nitrogen and oxygen atoms in total. The van der Waals surface area contributed by atoms with Gasteiger partial charge < -0.3 is 10.6 Å². The van der Waals surface area contributed by atoms with Gasteiger partial charge in [-0.2, -0.15) is 5.10 Å². The summed E-state index contributed by atoms with van der Waals surface area (Å²) in [6.07, 6.45) is 4.38. The highest BCUT2D eigenvalue weighted by atomic mass is 16.1. The van der Waals surface area contributed by atoms with Crippen molar-refractivity contribution >= 4 is 17.3 Å². The molecule has 4 rings (SSSR count). The van der Waals surface area contributed by atoms with E-state index in [2.05, 4.69) is 21.8 Å². The van der Waals surface area contributed by atoms with E-state index in [0.717, 1.165) is 35.6 Å². The van der Waals surface area contributed by atoms with Crippen molar-refractivity contribution in [2.45, 2.75) is 25.8 Å². The monoisotopic (exact) mass is 332 g/mol. The van der Waals surface area contributed by atoms with Gasteiger partial charge in [0.05, 0.1) is 17.9 Å². The van der Waals surface area contributed by atoms with Crippen molar-refractivity contribution in [3.8, 4) is 5.69 Å². The lowest BCUT2D eigenvalue weighted by Gasteiger charge is -2.10. The van der Waals surface area contributed by atoms with Gasteiger partial charge in [0.25, 0.3) is 0 Å². The van der Waals surface area contributed by atoms with E-state index in [1.807, 2.05) is 59.4 Å². The van der Waals surface area contributed by atoms with Crippen LogP contribution >= 0.6 is 0 Å². The molecule has 0 unspecified atom stereocenters. The van der Waals surface area contributed by atoms with E-state index in [9.17, 15) is 4.79 Å². The molecular formula is C20H20N4O. The fourth-order valence-corrected chi connectivity index (χ4v) is 3.06. The number of rotatable bonds is 4. The Bertz CT molecular complexity index is 886. The quantitative estimate of drug-likeness (QED) is 0.765. The molecule has 0 bridgehead atoms. The van der Waals surface area contributed by atoms with Crippen LogP contribution in [0.2, 0.25) is 0 Å². The summed E-state index contributed by atoms with van der Waals surface area (Å²) in [6.45, 7) is 0.658. The van der Waals surface area contributed by atoms with E-state index in [-0.39, 0.29) is 5.91 Å². The number of hydrogen-bond acceptors (Lipinski definition) is 3. The van der Waals surface area contributed by atoms with Gasteiger partial charge in [-0.15, -0.1) is 0 Å². The highest BCUT2D eigenvalue weighted by Gasteiger charge is 2.13. The van der Waals surface area contributed by atoms with Gasteiger partial charge in [-0.25, -0.2) is 4.68 Å². The average molecular weight is 332 g/mol. The number of para-hydroxylation sites is 1. The lowest BCUT2D eigenvalue weighted by atomic mass is 10.1. The number of aromatic nitrogens is 2. The molecule has 25 heavy (non-hydrogen) atoms. The first kappa shape index (κ1) is 15.4. The molecule has 0 saturated heterocycles. The summed E-state index contributed by atoms with van der Waals surface area (Å²) >= 11 is 0. The van der Waals surface area contributed by atoms with Crippen LogP contribution in [0.5, 0.6) is 0 Å². The molecule has 0 fully saturated rings. The van der Waals surface area contributed by atoms with Gasteiger partial charge in [0, 0.05) is 24.0 Å². The molecule has 0 aliphatic carbocycles. The topological polar surface area (TPSA) is 59.0 Å². The molecule has 2 heterocycles. The summed E-state index contributed by atoms with van der Waals surface area (Å²) in [7, 11) is 0. The van der Waals surface area contributed by atoms with Gasteiger partial charge in [0.1, 0.15) is 0 Å². The molecule has 3 aromatic rings. The Morgan fingerprint density at radius 1 is 1.08 bits per heavy atom. The second kappa shape index (κ2) is 6.81. The number of anilines is 2. The van der Waals surface area contributed by atoms with E-state index in [1.165, 1.54) is 5.56 Å². The zero-order valence-electron chi connectivity index (χ0n) is 13.9. The van der Waals surface area contributed by atoms with Crippen molar-refractivity contribution in [2.24, 2.45) is 0 Å². The van der Waals surface area contributed by atoms with Crippen molar-refractivity contribution in [3.05, 3.63) is 72.1 Å². The van der Waals surface area contributed by atoms with Crippen LogP contribution in [0.3, 0.4) is 0 Å². The largest absolute Gasteiger partial charge is 0.379 e. The van der Waals surface area contributed by atoms with E-state index >= 15 is 0 Å². The molecule has 0 radical (unpaired) electrons. The molecule has 1 aromatic heterocycles. The van der Waals surface area contributed by atoms with E-state index in [1.54, 1.807) is 0 Å². The summed E-state index contributed by atoms with van der Waals surface area (Å²) in [5.74, 6) is 0.103. The Morgan fingerprint density at radius 2 is 1.96 bits per heavy atom. The number of nitrogens with one attached hydrogen (secondary N) is 2. The zero-order chi connectivity index (χ0) is 17.1. The lowest BCUT2D eigenvalue weighted by Crippen LogP contribution is -2.09. The predicted octanol–water partition coefficient (Wildman–Crippen LogP) is 3.76. The van der Waals surface area contributed by atoms with Gasteiger partial charge >= 0.3 is 0 Å². The van der Waals surface area contributed by atoms with Crippen LogP contribution in [0.25, 0.3) is 5.69 Å². The number of amides is 1. The SMILES string of the molecule is O=C1CCCc2cc(NCc3ccn(-c4ccccc4)n3)ccc2N1. The molecule has 2 aromatic carbocycles. The minimum Gasteiger partial charge on any atom is -0.379 e. The van der Waals surface area contributed by atoms with Crippen molar-refractivity contribution in [1.82, 2.24) is 9.78 Å². The molecule has 0 saturated carbocycles. The summed E-state index contributed by atoms with van der Waals surface area (Å²) < 4.78 is 1.88. The molecule has 2 N–H and O–H groups in total. The Hall–Kier alpha value is -3.08. The van der Waals surface area contributed by atoms with Crippen molar-refractivity contribution in [3.63, 3.8) is 0 Å². The number of benzene rings is 2. The van der Waals surface area contributed by atoms with Crippen LogP contribution in [-0.4, -0.2) is 15.7 Å². The molecule has 5 heteroatoms. The first-order valence-corrected chi connectivity index (χ1v) is 8.54. The van der Waals surface area contributed by atoms with Gasteiger partial charge in [-0.1, -0.05) is 18.2 Å². The Labute approximate surface area is 146 Å². The maximum atomic E-state index is 11.6. The van der Waals surface area contributed by atoms with Gasteiger partial charge in [0.2, 0.25) is 5.91 Å². The number of hydrogen-bond donors (Lipinski definition) is 2. The maximum Gasteiger partial charge on any atom is 0.224 e. The zero-order valence-corrected chi connectivity index (χ0v) is 13.9. The number of nitrogens with zero attached hydrogens (tertiary/aromatic N) is 2. The summed E-state index contributed by atoms with van der Waals surface area (Å²) in [6, 6.07) is 18.2. The van der Waals surface area contributed by atoms with Gasteiger partial charge in [-0.3, -0.25) is 4.79 Å². The highest BCUT2D eigenvalue weighted by molar-refractivity contribution is 5.92. The van der Waals surface area contributed by atoms with Crippen molar-refractivity contribution in [1.29, 1.82) is 0 Å². The molecule has 0 atom stereocenters. The van der Waals surface area contributed by atoms with Crippen molar-refractivity contribution < 1.29 is 4.79 Å². The van der Waals surface area contributed by atoms with Crippen LogP contribution in [-0.2, 0) is 17.8 Å². The second-order valence-corrected chi connectivity index (χ2v) is 6.21. The van der Waals surface area contributed by atoms with Gasteiger partial charge in [-0.05, 0) is 54.8 Å². The molecule has 126 valence electrons. The van der Waals surface area contributed by atoms with Crippen LogP contribution in [0, 0.1) is 0 Å². The van der Waals surface area contributed by atoms with Crippen LogP contribution in [0.1, 0.15) is 24.1 Å². The second-order valence-electron chi connectivity index (χ2n) is 6.21. The molecule has 1 amide bonds. The molecule has 1 aliphatic rings. The minimum atomic E-state index is 0.103. The Balaban J connectivity index is 1.44. The minimum absolute atomic E-state index is 0.103. The smallest absolute Gasteiger partial charge is 0.224 e. The molecule has 0 spiro atoms. The number of carbonyl (C=O) groups excluding carboxylic acids is 1. The fourth-order valence-electron chi connectivity index (χ4n) is 3.06. The van der Waals surface area contributed by atoms with Crippen LogP contribution in [0.4, 0.5) is 11.4 Å².